The Morgan fingerprint density at radius 2 is 2.11 bits per heavy atom. The summed E-state index contributed by atoms with van der Waals surface area (Å²) in [6.07, 6.45) is 1.17. The topological polar surface area (TPSA) is 124 Å². The van der Waals surface area contributed by atoms with E-state index in [1.54, 1.807) is 23.6 Å². The summed E-state index contributed by atoms with van der Waals surface area (Å²) in [5.41, 5.74) is -0.00366. The van der Waals surface area contributed by atoms with Gasteiger partial charge in [-0.1, -0.05) is 15.9 Å². The van der Waals surface area contributed by atoms with Crippen LogP contribution in [0.3, 0.4) is 0 Å². The molecule has 0 aliphatic rings. The van der Waals surface area contributed by atoms with Gasteiger partial charge in [-0.3, -0.25) is 9.78 Å². The normalized spacial score (nSPS) is 11.5. The highest BCUT2D eigenvalue weighted by Gasteiger charge is 2.12. The minimum atomic E-state index is -0.581. The minimum Gasteiger partial charge on any atom is -0.494 e. The molecule has 0 fully saturated rings. The molecule has 1 aromatic carbocycles. The molecule has 0 unspecified atom stereocenters. The van der Waals surface area contributed by atoms with Crippen LogP contribution in [0.2, 0.25) is 0 Å². The van der Waals surface area contributed by atoms with Gasteiger partial charge in [-0.2, -0.15) is 0 Å². The van der Waals surface area contributed by atoms with Crippen LogP contribution >= 0.6 is 39.5 Å². The van der Waals surface area contributed by atoms with Gasteiger partial charge in [-0.15, -0.1) is 11.3 Å². The predicted molar refractivity (Wildman–Crippen MR) is 112 cm³/mol. The Morgan fingerprint density at radius 3 is 2.89 bits per heavy atom. The van der Waals surface area contributed by atoms with Gasteiger partial charge in [0.05, 0.1) is 11.3 Å². The molecule has 0 amide bonds. The molecule has 28 heavy (non-hydrogen) atoms. The van der Waals surface area contributed by atoms with Gasteiger partial charge in [0.2, 0.25) is 11.0 Å². The molecule has 3 heterocycles. The molecule has 0 radical (unpaired) electrons. The zero-order valence-corrected chi connectivity index (χ0v) is 16.9. The van der Waals surface area contributed by atoms with Crippen molar-refractivity contribution in [3.63, 3.8) is 0 Å². The van der Waals surface area contributed by atoms with Crippen molar-refractivity contribution in [1.29, 1.82) is 0 Å². The quantitative estimate of drug-likeness (QED) is 0.234. The van der Waals surface area contributed by atoms with E-state index in [1.807, 2.05) is 6.07 Å². The Labute approximate surface area is 173 Å². The van der Waals surface area contributed by atoms with Crippen molar-refractivity contribution in [3.8, 4) is 17.1 Å². The maximum Gasteiger partial charge on any atom is 0.345 e. The first kappa shape index (κ1) is 18.5. The molecule has 11 heteroatoms. The van der Waals surface area contributed by atoms with Crippen LogP contribution in [0.5, 0.6) is 5.88 Å². The van der Waals surface area contributed by atoms with Gasteiger partial charge in [0.15, 0.2) is 4.77 Å². The van der Waals surface area contributed by atoms with E-state index in [4.69, 9.17) is 16.6 Å². The Balaban J connectivity index is 1.71. The third-order valence-electron chi connectivity index (χ3n) is 3.73. The van der Waals surface area contributed by atoms with Gasteiger partial charge in [-0.05, 0) is 36.5 Å². The Kier molecular flexibility index (Phi) is 4.79. The van der Waals surface area contributed by atoms with Crippen molar-refractivity contribution in [1.82, 2.24) is 15.0 Å². The first-order valence-corrected chi connectivity index (χ1v) is 9.78. The number of thiazole rings is 1. The van der Waals surface area contributed by atoms with Crippen LogP contribution < -0.4 is 11.2 Å². The number of hydrogen-bond donors (Lipinski definition) is 3. The molecular weight excluding hydrogens is 468 g/mol. The maximum absolute atomic E-state index is 12.3. The fourth-order valence-corrected chi connectivity index (χ4v) is 3.67. The summed E-state index contributed by atoms with van der Waals surface area (Å²) in [7, 11) is 0. The Morgan fingerprint density at radius 1 is 1.29 bits per heavy atom. The van der Waals surface area contributed by atoms with Crippen molar-refractivity contribution in [2.75, 3.05) is 0 Å². The molecule has 0 saturated heterocycles. The van der Waals surface area contributed by atoms with Gasteiger partial charge in [0.1, 0.15) is 11.1 Å². The number of aromatic amines is 2. The summed E-state index contributed by atoms with van der Waals surface area (Å²) >= 11 is 9.32. The highest BCUT2D eigenvalue weighted by Crippen LogP contribution is 2.28. The lowest BCUT2D eigenvalue weighted by atomic mass is 10.1. The van der Waals surface area contributed by atoms with Crippen LogP contribution in [0, 0.1) is 4.77 Å². The fraction of sp³-hybridized carbons (Fsp3) is 0. The summed E-state index contributed by atoms with van der Waals surface area (Å²) in [4.78, 5) is 37.3. The van der Waals surface area contributed by atoms with E-state index in [9.17, 15) is 14.7 Å². The van der Waals surface area contributed by atoms with Crippen LogP contribution in [0.15, 0.2) is 53.1 Å². The summed E-state index contributed by atoms with van der Waals surface area (Å²) in [6.45, 7) is 0. The summed E-state index contributed by atoms with van der Waals surface area (Å²) < 4.78 is 6.20. The second-order valence-electron chi connectivity index (χ2n) is 5.57. The monoisotopic (exact) mass is 476 g/mol. The van der Waals surface area contributed by atoms with Crippen LogP contribution in [0.1, 0.15) is 5.56 Å². The van der Waals surface area contributed by atoms with Gasteiger partial charge < -0.3 is 14.5 Å². The number of rotatable bonds is 3. The van der Waals surface area contributed by atoms with Crippen molar-refractivity contribution in [3.05, 3.63) is 65.2 Å². The van der Waals surface area contributed by atoms with Crippen molar-refractivity contribution >= 4 is 61.8 Å². The van der Waals surface area contributed by atoms with Crippen molar-refractivity contribution in [2.24, 2.45) is 4.99 Å². The number of aromatic nitrogens is 3. The lowest BCUT2D eigenvalue weighted by Gasteiger charge is -2.00. The number of nitrogens with zero attached hydrogens (tertiary/aromatic N) is 2. The molecule has 4 aromatic rings. The Bertz CT molecular complexity index is 1420. The second-order valence-corrected chi connectivity index (χ2v) is 7.73. The second kappa shape index (κ2) is 7.26. The minimum absolute atomic E-state index is 0.00542. The molecule has 0 spiro atoms. The number of aliphatic imine (C=N–C) groups is 1. The van der Waals surface area contributed by atoms with Crippen LogP contribution in [0.4, 0.5) is 5.13 Å². The molecule has 0 bridgehead atoms. The molecule has 0 aliphatic carbocycles. The molecule has 140 valence electrons. The summed E-state index contributed by atoms with van der Waals surface area (Å²) in [5.74, 6) is -0.393. The molecular formula is C17H9BrN4O4S2. The van der Waals surface area contributed by atoms with E-state index >= 15 is 0 Å². The Hall–Kier alpha value is -2.89. The van der Waals surface area contributed by atoms with E-state index in [0.717, 1.165) is 9.86 Å². The fourth-order valence-electron chi connectivity index (χ4n) is 2.44. The molecule has 0 saturated carbocycles. The van der Waals surface area contributed by atoms with Crippen LogP contribution in [-0.4, -0.2) is 26.3 Å². The SMILES string of the molecule is O=c1[nH]c(=S)[nH]c(O)c1C=Nc1nc(-c2cc3cc(Br)ccc3oc2=O)cs1. The number of hydrogen-bond acceptors (Lipinski definition) is 8. The molecule has 4 rings (SSSR count). The van der Waals surface area contributed by atoms with Crippen LogP contribution in [-0.2, 0) is 0 Å². The van der Waals surface area contributed by atoms with Gasteiger partial charge in [0.25, 0.3) is 5.56 Å². The number of nitrogens with one attached hydrogen (secondary N) is 2. The van der Waals surface area contributed by atoms with Gasteiger partial charge in [-0.25, -0.2) is 14.8 Å². The van der Waals surface area contributed by atoms with E-state index < -0.39 is 17.1 Å². The van der Waals surface area contributed by atoms with Gasteiger partial charge in [0, 0.05) is 21.5 Å². The average Bonchev–Trinajstić information content (AvgIpc) is 3.09. The average molecular weight is 477 g/mol. The molecule has 8 nitrogen and oxygen atoms in total. The number of benzene rings is 1. The zero-order valence-electron chi connectivity index (χ0n) is 13.7. The zero-order chi connectivity index (χ0) is 19.8. The van der Waals surface area contributed by atoms with Crippen molar-refractivity contribution < 1.29 is 9.52 Å². The van der Waals surface area contributed by atoms with Crippen molar-refractivity contribution in [2.45, 2.75) is 0 Å². The summed E-state index contributed by atoms with van der Waals surface area (Å²) in [5, 5.41) is 12.5. The van der Waals surface area contributed by atoms with Gasteiger partial charge >= 0.3 is 5.63 Å². The molecule has 3 aromatic heterocycles. The third-order valence-corrected chi connectivity index (χ3v) is 5.17. The lowest BCUT2D eigenvalue weighted by molar-refractivity contribution is 0.449. The molecule has 0 atom stereocenters. The largest absolute Gasteiger partial charge is 0.494 e. The highest BCUT2D eigenvalue weighted by atomic mass is 79.9. The van der Waals surface area contributed by atoms with E-state index in [-0.39, 0.29) is 10.3 Å². The number of aromatic hydroxyl groups is 1. The highest BCUT2D eigenvalue weighted by molar-refractivity contribution is 9.10. The van der Waals surface area contributed by atoms with Crippen LogP contribution in [0.25, 0.3) is 22.2 Å². The molecule has 3 N–H and O–H groups in total. The summed E-state index contributed by atoms with van der Waals surface area (Å²) in [6, 6.07) is 7.02. The van der Waals surface area contributed by atoms with E-state index in [0.29, 0.717) is 22.0 Å². The first-order valence-electron chi connectivity index (χ1n) is 7.69. The smallest absolute Gasteiger partial charge is 0.345 e. The number of fused-ring (bicyclic) bond motifs is 1. The van der Waals surface area contributed by atoms with E-state index in [2.05, 4.69) is 35.9 Å². The maximum atomic E-state index is 12.3. The number of halogens is 1. The first-order chi connectivity index (χ1) is 13.4. The third kappa shape index (κ3) is 3.59. The van der Waals surface area contributed by atoms with E-state index in [1.165, 1.54) is 17.6 Å². The number of H-pyrrole nitrogens is 2. The lowest BCUT2D eigenvalue weighted by Crippen LogP contribution is -2.13. The standard InChI is InChI=1S/C17H9BrN4O4S2/c18-8-1-2-12-7(3-8)4-9(15(25)26-12)11-6-28-17(20-11)19-5-10-13(23)21-16(27)22-14(10)24/h1-6H,(H3,21,22,23,24,27). The predicted octanol–water partition coefficient (Wildman–Crippen LogP) is 3.88. The molecule has 0 aliphatic heterocycles.